The second kappa shape index (κ2) is 5.69. The molecule has 1 heterocycles. The first-order chi connectivity index (χ1) is 8.20. The Morgan fingerprint density at radius 1 is 1.18 bits per heavy atom. The molecule has 0 aliphatic carbocycles. The largest absolute Gasteiger partial charge is 0.380 e. The van der Waals surface area contributed by atoms with Gasteiger partial charge in [-0.15, -0.1) is 11.3 Å². The van der Waals surface area contributed by atoms with Crippen LogP contribution >= 0.6 is 27.3 Å². The average Bonchev–Trinajstić information content (AvgIpc) is 2.79. The van der Waals surface area contributed by atoms with E-state index in [2.05, 4.69) is 65.4 Å². The number of hydrogen-bond donors (Lipinski definition) is 1. The molecule has 0 atom stereocenters. The smallest absolute Gasteiger partial charge is 0.0494 e. The van der Waals surface area contributed by atoms with Crippen molar-refractivity contribution in [2.24, 2.45) is 0 Å². The molecular formula is C14H16BrNS. The maximum absolute atomic E-state index is 3.55. The highest BCUT2D eigenvalue weighted by molar-refractivity contribution is 9.10. The van der Waals surface area contributed by atoms with E-state index in [1.54, 1.807) is 0 Å². The van der Waals surface area contributed by atoms with E-state index in [-0.39, 0.29) is 0 Å². The fourth-order valence-corrected chi connectivity index (χ4v) is 2.95. The minimum Gasteiger partial charge on any atom is -0.380 e. The molecule has 2 rings (SSSR count). The number of halogens is 1. The molecule has 0 saturated carbocycles. The Bertz CT molecular complexity index is 505. The number of nitrogens with one attached hydrogen (secondary N) is 1. The normalized spacial score (nSPS) is 10.5. The lowest BCUT2D eigenvalue weighted by atomic mass is 10.2. The maximum Gasteiger partial charge on any atom is 0.0494 e. The summed E-state index contributed by atoms with van der Waals surface area (Å²) in [6, 6.07) is 10.7. The van der Waals surface area contributed by atoms with Crippen LogP contribution in [0.25, 0.3) is 0 Å². The summed E-state index contributed by atoms with van der Waals surface area (Å²) in [6.07, 6.45) is 1.13. The highest BCUT2D eigenvalue weighted by Crippen LogP contribution is 2.25. The second-order valence-electron chi connectivity index (χ2n) is 3.99. The lowest BCUT2D eigenvalue weighted by molar-refractivity contribution is 1.18. The summed E-state index contributed by atoms with van der Waals surface area (Å²) in [4.78, 5) is 2.84. The van der Waals surface area contributed by atoms with Gasteiger partial charge in [-0.1, -0.05) is 28.9 Å². The van der Waals surface area contributed by atoms with Gasteiger partial charge in [0.15, 0.2) is 0 Å². The van der Waals surface area contributed by atoms with E-state index in [0.717, 1.165) is 17.4 Å². The Labute approximate surface area is 115 Å². The topological polar surface area (TPSA) is 12.0 Å². The van der Waals surface area contributed by atoms with Crippen LogP contribution in [0, 0.1) is 6.92 Å². The van der Waals surface area contributed by atoms with E-state index < -0.39 is 0 Å². The molecule has 1 N–H and O–H groups in total. The third-order valence-corrected chi connectivity index (χ3v) is 4.88. The molecular weight excluding hydrogens is 294 g/mol. The van der Waals surface area contributed by atoms with Crippen LogP contribution in [0.2, 0.25) is 0 Å². The maximum atomic E-state index is 3.55. The molecule has 1 aromatic carbocycles. The summed E-state index contributed by atoms with van der Waals surface area (Å²) >= 11 is 5.44. The molecule has 0 bridgehead atoms. The number of hydrogen-bond acceptors (Lipinski definition) is 2. The fourth-order valence-electron chi connectivity index (χ4n) is 1.69. The lowest BCUT2D eigenvalue weighted by Gasteiger charge is -2.09. The Kier molecular flexibility index (Phi) is 4.24. The van der Waals surface area contributed by atoms with Crippen molar-refractivity contribution < 1.29 is 0 Å². The molecule has 0 aliphatic heterocycles. The van der Waals surface area contributed by atoms with Crippen LogP contribution in [0.15, 0.2) is 34.8 Å². The molecule has 0 amide bonds. The van der Waals surface area contributed by atoms with Crippen molar-refractivity contribution in [2.45, 2.75) is 26.8 Å². The quantitative estimate of drug-likeness (QED) is 0.838. The van der Waals surface area contributed by atoms with Gasteiger partial charge in [0.2, 0.25) is 0 Å². The third kappa shape index (κ3) is 3.11. The van der Waals surface area contributed by atoms with E-state index in [1.165, 1.54) is 21.0 Å². The van der Waals surface area contributed by atoms with E-state index in [1.807, 2.05) is 11.3 Å². The standard InChI is InChI=1S/C14H16BrNS/c1-3-11-7-8-12(17-11)9-16-14-6-4-5-13(15)10(14)2/h4-8,16H,3,9H2,1-2H3. The van der Waals surface area contributed by atoms with Gasteiger partial charge in [-0.25, -0.2) is 0 Å². The lowest BCUT2D eigenvalue weighted by Crippen LogP contribution is -1.99. The van der Waals surface area contributed by atoms with Crippen molar-refractivity contribution >= 4 is 33.0 Å². The highest BCUT2D eigenvalue weighted by atomic mass is 79.9. The van der Waals surface area contributed by atoms with Crippen molar-refractivity contribution in [3.8, 4) is 0 Å². The minimum atomic E-state index is 0.905. The number of rotatable bonds is 4. The Morgan fingerprint density at radius 3 is 2.65 bits per heavy atom. The molecule has 0 unspecified atom stereocenters. The molecule has 0 saturated heterocycles. The molecule has 17 heavy (non-hydrogen) atoms. The summed E-state index contributed by atoms with van der Waals surface area (Å²) in [5, 5.41) is 3.49. The van der Waals surface area contributed by atoms with E-state index in [4.69, 9.17) is 0 Å². The molecule has 90 valence electrons. The number of aryl methyl sites for hydroxylation is 1. The van der Waals surface area contributed by atoms with Crippen LogP contribution in [0.1, 0.15) is 22.2 Å². The first-order valence-corrected chi connectivity index (χ1v) is 7.38. The van der Waals surface area contributed by atoms with Crippen LogP contribution in [0.5, 0.6) is 0 Å². The summed E-state index contributed by atoms with van der Waals surface area (Å²) in [6.45, 7) is 5.22. The van der Waals surface area contributed by atoms with E-state index in [0.29, 0.717) is 0 Å². The van der Waals surface area contributed by atoms with Gasteiger partial charge in [-0.2, -0.15) is 0 Å². The van der Waals surface area contributed by atoms with Gasteiger partial charge < -0.3 is 5.32 Å². The van der Waals surface area contributed by atoms with Crippen molar-refractivity contribution in [3.05, 3.63) is 50.1 Å². The summed E-state index contributed by atoms with van der Waals surface area (Å²) < 4.78 is 1.16. The second-order valence-corrected chi connectivity index (χ2v) is 6.09. The molecule has 0 aliphatic rings. The van der Waals surface area contributed by atoms with Gasteiger partial charge >= 0.3 is 0 Å². The fraction of sp³-hybridized carbons (Fsp3) is 0.286. The zero-order valence-electron chi connectivity index (χ0n) is 10.1. The van der Waals surface area contributed by atoms with Gasteiger partial charge in [-0.3, -0.25) is 0 Å². The van der Waals surface area contributed by atoms with Gasteiger partial charge in [0.05, 0.1) is 0 Å². The molecule has 0 radical (unpaired) electrons. The molecule has 3 heteroatoms. The van der Waals surface area contributed by atoms with Crippen LogP contribution in [-0.2, 0) is 13.0 Å². The van der Waals surface area contributed by atoms with E-state index >= 15 is 0 Å². The molecule has 1 aromatic heterocycles. The zero-order chi connectivity index (χ0) is 12.3. The van der Waals surface area contributed by atoms with Crippen LogP contribution in [-0.4, -0.2) is 0 Å². The van der Waals surface area contributed by atoms with Gasteiger partial charge in [-0.05, 0) is 43.2 Å². The summed E-state index contributed by atoms with van der Waals surface area (Å²) in [5.74, 6) is 0. The predicted molar refractivity (Wildman–Crippen MR) is 79.9 cm³/mol. The van der Waals surface area contributed by atoms with Gasteiger partial charge in [0.25, 0.3) is 0 Å². The Balaban J connectivity index is 2.04. The van der Waals surface area contributed by atoms with Crippen molar-refractivity contribution in [1.29, 1.82) is 0 Å². The molecule has 1 nitrogen and oxygen atoms in total. The molecule has 2 aromatic rings. The monoisotopic (exact) mass is 309 g/mol. The zero-order valence-corrected chi connectivity index (χ0v) is 12.5. The number of anilines is 1. The first kappa shape index (κ1) is 12.7. The summed E-state index contributed by atoms with van der Waals surface area (Å²) in [5.41, 5.74) is 2.46. The first-order valence-electron chi connectivity index (χ1n) is 5.77. The highest BCUT2D eigenvalue weighted by Gasteiger charge is 2.02. The van der Waals surface area contributed by atoms with Crippen molar-refractivity contribution in [3.63, 3.8) is 0 Å². The third-order valence-electron chi connectivity index (χ3n) is 2.79. The minimum absolute atomic E-state index is 0.905. The number of benzene rings is 1. The van der Waals surface area contributed by atoms with Gasteiger partial charge in [0.1, 0.15) is 0 Å². The van der Waals surface area contributed by atoms with E-state index in [9.17, 15) is 0 Å². The van der Waals surface area contributed by atoms with Crippen LogP contribution in [0.4, 0.5) is 5.69 Å². The van der Waals surface area contributed by atoms with Crippen molar-refractivity contribution in [1.82, 2.24) is 0 Å². The van der Waals surface area contributed by atoms with Gasteiger partial charge in [0, 0.05) is 26.5 Å². The Morgan fingerprint density at radius 2 is 1.94 bits per heavy atom. The van der Waals surface area contributed by atoms with Crippen LogP contribution < -0.4 is 5.32 Å². The number of thiophene rings is 1. The SMILES string of the molecule is CCc1ccc(CNc2cccc(Br)c2C)s1. The molecule has 0 fully saturated rings. The van der Waals surface area contributed by atoms with Crippen molar-refractivity contribution in [2.75, 3.05) is 5.32 Å². The predicted octanol–water partition coefficient (Wildman–Crippen LogP) is 4.99. The van der Waals surface area contributed by atoms with Crippen LogP contribution in [0.3, 0.4) is 0 Å². The summed E-state index contributed by atoms with van der Waals surface area (Å²) in [7, 11) is 0. The Hall–Kier alpha value is -0.800. The average molecular weight is 310 g/mol. The molecule has 0 spiro atoms.